The van der Waals surface area contributed by atoms with Gasteiger partial charge in [0.15, 0.2) is 0 Å². The van der Waals surface area contributed by atoms with Crippen molar-refractivity contribution in [2.24, 2.45) is 0 Å². The minimum atomic E-state index is -4.40. The number of carbonyl (C=O) groups is 1. The number of rotatable bonds is 9. The van der Waals surface area contributed by atoms with Gasteiger partial charge in [0.2, 0.25) is 17.8 Å². The van der Waals surface area contributed by atoms with Crippen molar-refractivity contribution in [2.45, 2.75) is 12.7 Å². The second kappa shape index (κ2) is 12.1. The van der Waals surface area contributed by atoms with Crippen LogP contribution in [0.1, 0.15) is 21.5 Å². The predicted molar refractivity (Wildman–Crippen MR) is 145 cm³/mol. The van der Waals surface area contributed by atoms with Crippen LogP contribution in [-0.4, -0.2) is 52.3 Å². The van der Waals surface area contributed by atoms with E-state index in [1.54, 1.807) is 36.4 Å². The van der Waals surface area contributed by atoms with Crippen LogP contribution >= 0.6 is 0 Å². The van der Waals surface area contributed by atoms with Gasteiger partial charge in [-0.2, -0.15) is 28.1 Å². The van der Waals surface area contributed by atoms with Crippen molar-refractivity contribution in [3.05, 3.63) is 89.5 Å². The molecule has 41 heavy (non-hydrogen) atoms. The quantitative estimate of drug-likeness (QED) is 0.237. The first-order valence-electron chi connectivity index (χ1n) is 12.6. The van der Waals surface area contributed by atoms with Gasteiger partial charge in [-0.1, -0.05) is 18.2 Å². The first kappa shape index (κ1) is 27.6. The lowest BCUT2D eigenvalue weighted by atomic mass is 10.1. The van der Waals surface area contributed by atoms with Gasteiger partial charge in [0.25, 0.3) is 0 Å². The highest BCUT2D eigenvalue weighted by atomic mass is 19.4. The summed E-state index contributed by atoms with van der Waals surface area (Å²) in [4.78, 5) is 26.6. The van der Waals surface area contributed by atoms with Gasteiger partial charge in [0.05, 0.1) is 24.3 Å². The van der Waals surface area contributed by atoms with E-state index in [1.165, 1.54) is 24.3 Å². The maximum atomic E-state index is 12.9. The number of anilines is 4. The Morgan fingerprint density at radius 1 is 0.927 bits per heavy atom. The Labute approximate surface area is 232 Å². The third kappa shape index (κ3) is 7.39. The third-order valence-corrected chi connectivity index (χ3v) is 6.08. The lowest BCUT2D eigenvalue weighted by molar-refractivity contribution is -0.137. The summed E-state index contributed by atoms with van der Waals surface area (Å²) in [5, 5.41) is 15.3. The first-order chi connectivity index (χ1) is 19.7. The van der Waals surface area contributed by atoms with Crippen molar-refractivity contribution >= 4 is 29.5 Å². The highest BCUT2D eigenvalue weighted by Gasteiger charge is 2.29. The fourth-order valence-electron chi connectivity index (χ4n) is 3.97. The summed E-state index contributed by atoms with van der Waals surface area (Å²) in [5.74, 6) is 0.864. The Morgan fingerprint density at radius 3 is 2.32 bits per heavy atom. The molecule has 0 atom stereocenters. The Bertz CT molecular complexity index is 1490. The molecule has 3 N–H and O–H groups in total. The van der Waals surface area contributed by atoms with Crippen molar-refractivity contribution in [3.8, 4) is 11.5 Å². The van der Waals surface area contributed by atoms with Crippen LogP contribution in [0.5, 0.6) is 11.5 Å². The molecule has 0 unspecified atom stereocenters. The van der Waals surface area contributed by atoms with Gasteiger partial charge < -0.3 is 30.1 Å². The Kier molecular flexibility index (Phi) is 8.15. The molecule has 4 aromatic rings. The van der Waals surface area contributed by atoms with E-state index in [0.29, 0.717) is 55.0 Å². The number of aromatic carboxylic acids is 1. The van der Waals surface area contributed by atoms with Crippen LogP contribution in [0.2, 0.25) is 0 Å². The third-order valence-electron chi connectivity index (χ3n) is 6.08. The van der Waals surface area contributed by atoms with Gasteiger partial charge in [-0.3, -0.25) is 0 Å². The maximum Gasteiger partial charge on any atom is 0.416 e. The maximum absolute atomic E-state index is 12.9. The average molecular weight is 567 g/mol. The van der Waals surface area contributed by atoms with Crippen molar-refractivity contribution < 1.29 is 32.5 Å². The smallest absolute Gasteiger partial charge is 0.416 e. The monoisotopic (exact) mass is 566 g/mol. The molecular formula is C28H25F3N6O4. The zero-order chi connectivity index (χ0) is 28.8. The molecule has 1 aliphatic rings. The number of nitrogens with one attached hydrogen (secondary N) is 2. The summed E-state index contributed by atoms with van der Waals surface area (Å²) in [6.45, 7) is 2.43. The lowest BCUT2D eigenvalue weighted by Crippen LogP contribution is -2.37. The summed E-state index contributed by atoms with van der Waals surface area (Å²) < 4.78 is 50.0. The number of carboxylic acid groups (broad SMARTS) is 1. The number of morpholine rings is 1. The van der Waals surface area contributed by atoms with Crippen LogP contribution < -0.4 is 20.3 Å². The van der Waals surface area contributed by atoms with Crippen molar-refractivity contribution in [3.63, 3.8) is 0 Å². The normalized spacial score (nSPS) is 13.5. The fraction of sp³-hybridized carbons (Fsp3) is 0.214. The van der Waals surface area contributed by atoms with Crippen LogP contribution in [0.15, 0.2) is 72.8 Å². The topological polar surface area (TPSA) is 122 Å². The molecule has 10 nitrogen and oxygen atoms in total. The first-order valence-corrected chi connectivity index (χ1v) is 12.6. The number of hydrogen-bond acceptors (Lipinski definition) is 9. The predicted octanol–water partition coefficient (Wildman–Crippen LogP) is 5.57. The number of ether oxygens (including phenoxy) is 2. The minimum Gasteiger partial charge on any atom is -0.478 e. The van der Waals surface area contributed by atoms with E-state index in [-0.39, 0.29) is 24.0 Å². The highest BCUT2D eigenvalue weighted by Crippen LogP contribution is 2.29. The van der Waals surface area contributed by atoms with Crippen molar-refractivity contribution in [2.75, 3.05) is 41.8 Å². The van der Waals surface area contributed by atoms with Crippen LogP contribution in [0.4, 0.5) is 36.7 Å². The molecule has 0 bridgehead atoms. The standard InChI is InChI=1S/C28H25F3N6O4/c29-28(30,31)20-8-4-18(5-9-20)17-32-25-34-26(36-27(35-25)37-12-14-40-15-13-37)33-21-2-1-3-23(16-21)41-22-10-6-19(7-11-22)24(38)39/h1-11,16H,12-15,17H2,(H,38,39)(H2,32,33,34,35,36). The summed E-state index contributed by atoms with van der Waals surface area (Å²) in [6.07, 6.45) is -4.40. The molecule has 1 aromatic heterocycles. The Morgan fingerprint density at radius 2 is 1.63 bits per heavy atom. The van der Waals surface area contributed by atoms with E-state index >= 15 is 0 Å². The zero-order valence-corrected chi connectivity index (χ0v) is 21.6. The second-order valence-corrected chi connectivity index (χ2v) is 9.01. The number of benzene rings is 3. The molecule has 1 saturated heterocycles. The minimum absolute atomic E-state index is 0.154. The average Bonchev–Trinajstić information content (AvgIpc) is 2.97. The molecular weight excluding hydrogens is 541 g/mol. The molecule has 0 radical (unpaired) electrons. The molecule has 1 aliphatic heterocycles. The highest BCUT2D eigenvalue weighted by molar-refractivity contribution is 5.87. The van der Waals surface area contributed by atoms with Gasteiger partial charge >= 0.3 is 12.1 Å². The molecule has 13 heteroatoms. The number of nitrogens with zero attached hydrogens (tertiary/aromatic N) is 4. The molecule has 2 heterocycles. The number of aromatic nitrogens is 3. The molecule has 3 aromatic carbocycles. The van der Waals surface area contributed by atoms with Gasteiger partial charge in [0, 0.05) is 31.4 Å². The Balaban J connectivity index is 1.33. The number of alkyl halides is 3. The van der Waals surface area contributed by atoms with E-state index < -0.39 is 17.7 Å². The fourth-order valence-corrected chi connectivity index (χ4v) is 3.97. The van der Waals surface area contributed by atoms with Crippen molar-refractivity contribution in [1.82, 2.24) is 15.0 Å². The molecule has 1 fully saturated rings. The molecule has 5 rings (SSSR count). The van der Waals surface area contributed by atoms with E-state index in [4.69, 9.17) is 14.6 Å². The van der Waals surface area contributed by atoms with Gasteiger partial charge in [-0.05, 0) is 54.1 Å². The Hall–Kier alpha value is -4.91. The summed E-state index contributed by atoms with van der Waals surface area (Å²) in [5.41, 5.74) is 0.687. The van der Waals surface area contributed by atoms with Crippen LogP contribution in [0, 0.1) is 0 Å². The number of halogens is 3. The summed E-state index contributed by atoms with van der Waals surface area (Å²) in [6, 6.07) is 18.0. The lowest BCUT2D eigenvalue weighted by Gasteiger charge is -2.27. The zero-order valence-electron chi connectivity index (χ0n) is 21.6. The van der Waals surface area contributed by atoms with Gasteiger partial charge in [-0.25, -0.2) is 4.79 Å². The van der Waals surface area contributed by atoms with Gasteiger partial charge in [0.1, 0.15) is 11.5 Å². The van der Waals surface area contributed by atoms with Crippen LogP contribution in [-0.2, 0) is 17.5 Å². The van der Waals surface area contributed by atoms with E-state index in [2.05, 4.69) is 25.6 Å². The van der Waals surface area contributed by atoms with Gasteiger partial charge in [-0.15, -0.1) is 0 Å². The number of carboxylic acids is 1. The van der Waals surface area contributed by atoms with Crippen LogP contribution in [0.25, 0.3) is 0 Å². The molecule has 0 aliphatic carbocycles. The van der Waals surface area contributed by atoms with E-state index in [9.17, 15) is 18.0 Å². The van der Waals surface area contributed by atoms with Crippen LogP contribution in [0.3, 0.4) is 0 Å². The number of hydrogen-bond donors (Lipinski definition) is 3. The summed E-state index contributed by atoms with van der Waals surface area (Å²) >= 11 is 0. The molecule has 212 valence electrons. The van der Waals surface area contributed by atoms with E-state index in [1.807, 2.05) is 4.90 Å². The van der Waals surface area contributed by atoms with E-state index in [0.717, 1.165) is 12.1 Å². The SMILES string of the molecule is O=C(O)c1ccc(Oc2cccc(Nc3nc(NCc4ccc(C(F)(F)F)cc4)nc(N4CCOCC4)n3)c2)cc1. The molecule has 0 saturated carbocycles. The summed E-state index contributed by atoms with van der Waals surface area (Å²) in [7, 11) is 0. The van der Waals surface area contributed by atoms with Crippen molar-refractivity contribution in [1.29, 1.82) is 0 Å². The second-order valence-electron chi connectivity index (χ2n) is 9.01. The largest absolute Gasteiger partial charge is 0.478 e. The molecule has 0 amide bonds. The molecule has 0 spiro atoms.